The molecular weight excluding hydrogens is 455 g/mol. The van der Waals surface area contributed by atoms with Gasteiger partial charge in [0.05, 0.1) is 12.5 Å². The number of aryl methyl sites for hydroxylation is 1. The van der Waals surface area contributed by atoms with Gasteiger partial charge in [-0.2, -0.15) is 13.2 Å². The van der Waals surface area contributed by atoms with Crippen molar-refractivity contribution in [3.8, 4) is 5.75 Å². The zero-order valence-corrected chi connectivity index (χ0v) is 20.4. The molecule has 2 aliphatic rings. The van der Waals surface area contributed by atoms with Crippen LogP contribution in [-0.4, -0.2) is 30.3 Å². The van der Waals surface area contributed by atoms with Crippen molar-refractivity contribution >= 4 is 16.7 Å². The molecule has 0 unspecified atom stereocenters. The molecule has 4 rings (SSSR count). The summed E-state index contributed by atoms with van der Waals surface area (Å²) in [5.74, 6) is -0.252. The summed E-state index contributed by atoms with van der Waals surface area (Å²) in [5, 5.41) is 13.4. The second-order valence-electron chi connectivity index (χ2n) is 10.7. The molecule has 35 heavy (non-hydrogen) atoms. The number of ether oxygens (including phenoxy) is 1. The normalized spacial score (nSPS) is 25.5. The Balaban J connectivity index is 1.50. The predicted octanol–water partition coefficient (Wildman–Crippen LogP) is 6.98. The summed E-state index contributed by atoms with van der Waals surface area (Å²) in [6.45, 7) is 3.79. The zero-order chi connectivity index (χ0) is 25.1. The van der Waals surface area contributed by atoms with Crippen LogP contribution in [0.3, 0.4) is 0 Å². The molecule has 0 aromatic heterocycles. The fourth-order valence-electron chi connectivity index (χ4n) is 5.90. The van der Waals surface area contributed by atoms with Crippen molar-refractivity contribution in [1.82, 2.24) is 5.32 Å². The number of hydrogen-bond donors (Lipinski definition) is 2. The van der Waals surface area contributed by atoms with Gasteiger partial charge in [-0.25, -0.2) is 0 Å². The van der Waals surface area contributed by atoms with E-state index in [1.54, 1.807) is 18.2 Å². The number of carboxylic acid groups (broad SMARTS) is 1. The van der Waals surface area contributed by atoms with Crippen molar-refractivity contribution in [3.63, 3.8) is 0 Å². The van der Waals surface area contributed by atoms with Crippen LogP contribution in [0.25, 0.3) is 10.8 Å². The van der Waals surface area contributed by atoms with E-state index in [9.17, 15) is 23.1 Å². The lowest BCUT2D eigenvalue weighted by molar-refractivity contribution is -0.140. The number of benzene rings is 2. The van der Waals surface area contributed by atoms with Crippen LogP contribution in [-0.2, 0) is 17.4 Å². The standard InChI is InChI=1S/C28H36F3NO3/c1-19-5-9-22(10-6-19)35-24-12-8-21-16-20(7-11-23(21)26(24)28(29,30)31)4-2-13-27(17-25(33)34)14-3-15-32-18-27/h7-8,11-12,16,19,22,32H,2-6,9-10,13-15,17-18H2,1H3,(H,33,34)/t19-,22+,27-/m1/s1. The molecule has 1 aliphatic carbocycles. The fourth-order valence-corrected chi connectivity index (χ4v) is 5.90. The average Bonchev–Trinajstić information content (AvgIpc) is 2.80. The first-order valence-electron chi connectivity index (χ1n) is 12.9. The minimum Gasteiger partial charge on any atom is -0.490 e. The van der Waals surface area contributed by atoms with Crippen LogP contribution < -0.4 is 10.1 Å². The molecular formula is C28H36F3NO3. The van der Waals surface area contributed by atoms with Gasteiger partial charge >= 0.3 is 12.1 Å². The number of piperidine rings is 1. The summed E-state index contributed by atoms with van der Waals surface area (Å²) >= 11 is 0. The Morgan fingerprint density at radius 3 is 2.60 bits per heavy atom. The molecule has 2 N–H and O–H groups in total. The lowest BCUT2D eigenvalue weighted by atomic mass is 9.74. The van der Waals surface area contributed by atoms with Gasteiger partial charge < -0.3 is 15.2 Å². The van der Waals surface area contributed by atoms with Gasteiger partial charge in [-0.15, -0.1) is 0 Å². The van der Waals surface area contributed by atoms with Crippen LogP contribution in [0.4, 0.5) is 13.2 Å². The van der Waals surface area contributed by atoms with Gasteiger partial charge in [0.2, 0.25) is 0 Å². The smallest absolute Gasteiger partial charge is 0.420 e. The van der Waals surface area contributed by atoms with Crippen LogP contribution in [0.2, 0.25) is 0 Å². The predicted molar refractivity (Wildman–Crippen MR) is 131 cm³/mol. The average molecular weight is 492 g/mol. The van der Waals surface area contributed by atoms with Gasteiger partial charge in [-0.05, 0) is 98.1 Å². The minimum atomic E-state index is -4.50. The maximum absolute atomic E-state index is 14.1. The molecule has 2 fully saturated rings. The van der Waals surface area contributed by atoms with Crippen molar-refractivity contribution in [2.24, 2.45) is 11.3 Å². The number of rotatable bonds is 8. The van der Waals surface area contributed by atoms with E-state index in [0.29, 0.717) is 24.3 Å². The second-order valence-corrected chi connectivity index (χ2v) is 10.7. The first-order chi connectivity index (χ1) is 16.7. The third-order valence-electron chi connectivity index (χ3n) is 7.85. The summed E-state index contributed by atoms with van der Waals surface area (Å²) in [6.07, 6.45) is 3.15. The number of alkyl halides is 3. The van der Waals surface area contributed by atoms with E-state index < -0.39 is 17.7 Å². The number of fused-ring (bicyclic) bond motifs is 1. The van der Waals surface area contributed by atoms with Crippen LogP contribution in [0.5, 0.6) is 5.75 Å². The zero-order valence-electron chi connectivity index (χ0n) is 20.4. The lowest BCUT2D eigenvalue weighted by Crippen LogP contribution is -2.41. The van der Waals surface area contributed by atoms with E-state index in [1.807, 2.05) is 6.07 Å². The maximum atomic E-state index is 14.1. The van der Waals surface area contributed by atoms with E-state index in [1.165, 1.54) is 6.07 Å². The number of aliphatic carboxylic acids is 1. The van der Waals surface area contributed by atoms with Gasteiger partial charge in [-0.1, -0.05) is 31.2 Å². The van der Waals surface area contributed by atoms with Crippen LogP contribution in [0.15, 0.2) is 30.3 Å². The quantitative estimate of drug-likeness (QED) is 0.418. The van der Waals surface area contributed by atoms with Crippen molar-refractivity contribution in [2.45, 2.75) is 83.4 Å². The van der Waals surface area contributed by atoms with Crippen LogP contribution in [0.1, 0.15) is 75.8 Å². The summed E-state index contributed by atoms with van der Waals surface area (Å²) < 4.78 is 48.2. The van der Waals surface area contributed by atoms with Gasteiger partial charge in [0.15, 0.2) is 0 Å². The summed E-state index contributed by atoms with van der Waals surface area (Å²) in [6, 6.07) is 8.37. The number of carbonyl (C=O) groups is 1. The molecule has 0 radical (unpaired) electrons. The van der Waals surface area contributed by atoms with E-state index in [2.05, 4.69) is 12.2 Å². The minimum absolute atomic E-state index is 0.0716. The Labute approximate surface area is 205 Å². The van der Waals surface area contributed by atoms with E-state index in [0.717, 1.165) is 63.5 Å². The molecule has 1 saturated heterocycles. The van der Waals surface area contributed by atoms with Gasteiger partial charge in [0, 0.05) is 6.54 Å². The molecule has 1 saturated carbocycles. The highest BCUT2D eigenvalue weighted by Gasteiger charge is 2.37. The Hall–Kier alpha value is -2.28. The highest BCUT2D eigenvalue weighted by Crippen LogP contribution is 2.43. The third kappa shape index (κ3) is 6.49. The Morgan fingerprint density at radius 1 is 1.17 bits per heavy atom. The summed E-state index contributed by atoms with van der Waals surface area (Å²) in [4.78, 5) is 11.4. The van der Waals surface area contributed by atoms with Crippen molar-refractivity contribution in [3.05, 3.63) is 41.5 Å². The molecule has 0 bridgehead atoms. The van der Waals surface area contributed by atoms with E-state index in [4.69, 9.17) is 4.74 Å². The largest absolute Gasteiger partial charge is 0.490 e. The first-order valence-corrected chi connectivity index (χ1v) is 12.9. The molecule has 2 aromatic carbocycles. The maximum Gasteiger partial charge on any atom is 0.420 e. The topological polar surface area (TPSA) is 58.6 Å². The van der Waals surface area contributed by atoms with Gasteiger partial charge in [-0.3, -0.25) is 4.79 Å². The SMILES string of the molecule is C[C@H]1CC[C@@H](Oc2ccc3cc(CCC[C@]4(CC(=O)O)CCCNC4)ccc3c2C(F)(F)F)CC1. The number of carboxylic acids is 1. The molecule has 2 aromatic rings. The second kappa shape index (κ2) is 10.8. The first kappa shape index (κ1) is 25.8. The van der Waals surface area contributed by atoms with Crippen molar-refractivity contribution in [1.29, 1.82) is 0 Å². The third-order valence-corrected chi connectivity index (χ3v) is 7.85. The Bertz CT molecular complexity index is 1020. The molecule has 0 amide bonds. The number of halogens is 3. The van der Waals surface area contributed by atoms with E-state index in [-0.39, 0.29) is 29.1 Å². The van der Waals surface area contributed by atoms with Gasteiger partial charge in [0.1, 0.15) is 11.3 Å². The monoisotopic (exact) mass is 491 g/mol. The number of nitrogens with one attached hydrogen (secondary N) is 1. The summed E-state index contributed by atoms with van der Waals surface area (Å²) in [5.41, 5.74) is 0.0387. The molecule has 0 spiro atoms. The Kier molecular flexibility index (Phi) is 7.94. The highest BCUT2D eigenvalue weighted by atomic mass is 19.4. The fraction of sp³-hybridized carbons (Fsp3) is 0.607. The molecule has 1 heterocycles. The Morgan fingerprint density at radius 2 is 1.94 bits per heavy atom. The molecule has 7 heteroatoms. The van der Waals surface area contributed by atoms with Crippen molar-refractivity contribution < 1.29 is 27.8 Å². The molecule has 1 aliphatic heterocycles. The molecule has 192 valence electrons. The van der Waals surface area contributed by atoms with Crippen LogP contribution >= 0.6 is 0 Å². The van der Waals surface area contributed by atoms with Crippen LogP contribution in [0, 0.1) is 11.3 Å². The van der Waals surface area contributed by atoms with Crippen molar-refractivity contribution in [2.75, 3.05) is 13.1 Å². The molecule has 4 nitrogen and oxygen atoms in total. The van der Waals surface area contributed by atoms with Gasteiger partial charge in [0.25, 0.3) is 0 Å². The highest BCUT2D eigenvalue weighted by molar-refractivity contribution is 5.89. The summed E-state index contributed by atoms with van der Waals surface area (Å²) in [7, 11) is 0. The lowest BCUT2D eigenvalue weighted by Gasteiger charge is -2.36. The number of hydrogen-bond acceptors (Lipinski definition) is 3. The molecule has 1 atom stereocenters. The van der Waals surface area contributed by atoms with E-state index >= 15 is 0 Å².